The third-order valence-corrected chi connectivity index (χ3v) is 3.32. The predicted octanol–water partition coefficient (Wildman–Crippen LogP) is 2.93. The number of nitrogens with one attached hydrogen (secondary N) is 2. The molecule has 0 saturated carbocycles. The molecule has 0 heterocycles. The Hall–Kier alpha value is -2.74. The van der Waals surface area contributed by atoms with Gasteiger partial charge in [0.15, 0.2) is 18.1 Å². The lowest BCUT2D eigenvalue weighted by molar-refractivity contribution is -0.143. The number of amides is 3. The maximum Gasteiger partial charge on any atom is 0.331 e. The third kappa shape index (κ3) is 8.30. The molecule has 0 aliphatic rings. The summed E-state index contributed by atoms with van der Waals surface area (Å²) in [5, 5.41) is 4.95. The van der Waals surface area contributed by atoms with E-state index in [1.54, 1.807) is 32.9 Å². The topological polar surface area (TPSA) is 103 Å². The highest BCUT2D eigenvalue weighted by atomic mass is 35.5. The van der Waals surface area contributed by atoms with Gasteiger partial charge in [0.25, 0.3) is 5.91 Å². The lowest BCUT2D eigenvalue weighted by Crippen LogP contribution is -2.49. The Morgan fingerprint density at radius 1 is 1.21 bits per heavy atom. The van der Waals surface area contributed by atoms with Gasteiger partial charge in [0.05, 0.1) is 18.7 Å². The Labute approximate surface area is 169 Å². The van der Waals surface area contributed by atoms with Crippen molar-refractivity contribution in [2.75, 3.05) is 20.3 Å². The van der Waals surface area contributed by atoms with E-state index >= 15 is 0 Å². The molecule has 0 saturated heterocycles. The maximum absolute atomic E-state index is 11.8. The molecule has 28 heavy (non-hydrogen) atoms. The number of carbonyl (C=O) groups excluding carboxylic acids is 3. The van der Waals surface area contributed by atoms with Crippen LogP contribution in [0.3, 0.4) is 0 Å². The highest BCUT2D eigenvalue weighted by Gasteiger charge is 2.16. The number of urea groups is 1. The minimum Gasteiger partial charge on any atom is -0.491 e. The molecule has 1 rings (SSSR count). The number of methoxy groups -OCH3 is 1. The van der Waals surface area contributed by atoms with Crippen LogP contribution < -0.4 is 20.1 Å². The Morgan fingerprint density at radius 3 is 2.46 bits per heavy atom. The molecule has 2 N–H and O–H groups in total. The zero-order valence-electron chi connectivity index (χ0n) is 16.6. The van der Waals surface area contributed by atoms with Gasteiger partial charge in [0, 0.05) is 11.6 Å². The molecule has 9 heteroatoms. The van der Waals surface area contributed by atoms with Crippen molar-refractivity contribution in [3.8, 4) is 11.5 Å². The molecule has 0 unspecified atom stereocenters. The molecule has 0 fully saturated rings. The molecule has 0 radical (unpaired) electrons. The Kier molecular flexibility index (Phi) is 8.78. The summed E-state index contributed by atoms with van der Waals surface area (Å²) >= 11 is 6.14. The molecule has 8 nitrogen and oxygen atoms in total. The molecule has 0 aromatic heterocycles. The SMILES string of the molecule is CCOc1cc(/C=C/C(=O)OCC(=O)NC(=O)NC(C)(C)C)cc(Cl)c1OC. The van der Waals surface area contributed by atoms with Gasteiger partial charge in [-0.3, -0.25) is 10.1 Å². The Bertz CT molecular complexity index is 756. The van der Waals surface area contributed by atoms with Crippen LogP contribution in [0.5, 0.6) is 11.5 Å². The summed E-state index contributed by atoms with van der Waals surface area (Å²) in [6.07, 6.45) is 2.59. The molecule has 0 aliphatic heterocycles. The fraction of sp³-hybridized carbons (Fsp3) is 0.421. The van der Waals surface area contributed by atoms with Gasteiger partial charge in [-0.15, -0.1) is 0 Å². The first-order valence-corrected chi connectivity index (χ1v) is 8.90. The molecular formula is C19H25ClN2O6. The largest absolute Gasteiger partial charge is 0.491 e. The zero-order valence-corrected chi connectivity index (χ0v) is 17.3. The van der Waals surface area contributed by atoms with Gasteiger partial charge >= 0.3 is 12.0 Å². The van der Waals surface area contributed by atoms with E-state index in [4.69, 9.17) is 25.8 Å². The Balaban J connectivity index is 2.62. The van der Waals surface area contributed by atoms with Gasteiger partial charge in [0.1, 0.15) is 0 Å². The molecule has 3 amide bonds. The highest BCUT2D eigenvalue weighted by Crippen LogP contribution is 2.36. The zero-order chi connectivity index (χ0) is 21.3. The van der Waals surface area contributed by atoms with E-state index in [-0.39, 0.29) is 0 Å². The number of halogens is 1. The van der Waals surface area contributed by atoms with E-state index in [0.29, 0.717) is 28.7 Å². The summed E-state index contributed by atoms with van der Waals surface area (Å²) in [6, 6.07) is 2.58. The van der Waals surface area contributed by atoms with Gasteiger partial charge in [-0.1, -0.05) is 11.6 Å². The summed E-state index contributed by atoms with van der Waals surface area (Å²) in [7, 11) is 1.48. The van der Waals surface area contributed by atoms with Crippen molar-refractivity contribution in [1.29, 1.82) is 0 Å². The number of rotatable bonds is 7. The van der Waals surface area contributed by atoms with Crippen molar-refractivity contribution in [3.05, 3.63) is 28.8 Å². The average Bonchev–Trinajstić information content (AvgIpc) is 2.56. The first kappa shape index (κ1) is 23.3. The van der Waals surface area contributed by atoms with Gasteiger partial charge in [-0.2, -0.15) is 0 Å². The van der Waals surface area contributed by atoms with E-state index in [2.05, 4.69) is 10.6 Å². The van der Waals surface area contributed by atoms with E-state index < -0.39 is 30.1 Å². The first-order valence-electron chi connectivity index (χ1n) is 8.53. The summed E-state index contributed by atoms with van der Waals surface area (Å²) in [6.45, 7) is 6.95. The number of esters is 1. The average molecular weight is 413 g/mol. The summed E-state index contributed by atoms with van der Waals surface area (Å²) < 4.78 is 15.4. The van der Waals surface area contributed by atoms with Crippen LogP contribution in [0.25, 0.3) is 6.08 Å². The van der Waals surface area contributed by atoms with Crippen LogP contribution in [0.4, 0.5) is 4.79 Å². The van der Waals surface area contributed by atoms with Crippen LogP contribution in [-0.4, -0.2) is 43.8 Å². The van der Waals surface area contributed by atoms with Crippen molar-refractivity contribution in [3.63, 3.8) is 0 Å². The standard InChI is InChI=1S/C19H25ClN2O6/c1-6-27-14-10-12(9-13(20)17(14)26-5)7-8-16(24)28-11-15(23)21-18(25)22-19(2,3)4/h7-10H,6,11H2,1-5H3,(H2,21,22,23,25)/b8-7+. The smallest absolute Gasteiger partial charge is 0.331 e. The van der Waals surface area contributed by atoms with Gasteiger partial charge in [0.2, 0.25) is 0 Å². The number of hydrogen-bond acceptors (Lipinski definition) is 6. The Morgan fingerprint density at radius 2 is 1.89 bits per heavy atom. The molecule has 0 atom stereocenters. The molecule has 0 bridgehead atoms. The second-order valence-electron chi connectivity index (χ2n) is 6.66. The number of ether oxygens (including phenoxy) is 3. The normalized spacial score (nSPS) is 11.1. The summed E-state index contributed by atoms with van der Waals surface area (Å²) in [4.78, 5) is 35.0. The van der Waals surface area contributed by atoms with E-state index in [0.717, 1.165) is 6.08 Å². The van der Waals surface area contributed by atoms with Crippen molar-refractivity contribution in [2.45, 2.75) is 33.2 Å². The fourth-order valence-electron chi connectivity index (χ4n) is 2.03. The molecule has 154 valence electrons. The minimum absolute atomic E-state index is 0.325. The van der Waals surface area contributed by atoms with Crippen molar-refractivity contribution >= 4 is 35.6 Å². The maximum atomic E-state index is 11.8. The molecular weight excluding hydrogens is 388 g/mol. The fourth-order valence-corrected chi connectivity index (χ4v) is 2.33. The van der Waals surface area contributed by atoms with Crippen LogP contribution in [-0.2, 0) is 14.3 Å². The van der Waals surface area contributed by atoms with Gasteiger partial charge < -0.3 is 19.5 Å². The number of imide groups is 1. The van der Waals surface area contributed by atoms with Gasteiger partial charge in [-0.25, -0.2) is 9.59 Å². The van der Waals surface area contributed by atoms with Crippen LogP contribution >= 0.6 is 11.6 Å². The molecule has 1 aromatic carbocycles. The third-order valence-electron chi connectivity index (χ3n) is 3.03. The van der Waals surface area contributed by atoms with Crippen LogP contribution in [0, 0.1) is 0 Å². The minimum atomic E-state index is -0.753. The molecule has 0 aliphatic carbocycles. The number of carbonyl (C=O) groups is 3. The van der Waals surface area contributed by atoms with Crippen molar-refractivity contribution in [1.82, 2.24) is 10.6 Å². The van der Waals surface area contributed by atoms with Crippen LogP contribution in [0.2, 0.25) is 5.02 Å². The van der Waals surface area contributed by atoms with Gasteiger partial charge in [-0.05, 0) is 51.5 Å². The second kappa shape index (κ2) is 10.6. The number of hydrogen-bond donors (Lipinski definition) is 2. The monoisotopic (exact) mass is 412 g/mol. The lowest BCUT2D eigenvalue weighted by Gasteiger charge is -2.20. The van der Waals surface area contributed by atoms with Crippen molar-refractivity contribution < 1.29 is 28.6 Å². The van der Waals surface area contributed by atoms with Crippen molar-refractivity contribution in [2.24, 2.45) is 0 Å². The van der Waals surface area contributed by atoms with Crippen LogP contribution in [0.15, 0.2) is 18.2 Å². The predicted molar refractivity (Wildman–Crippen MR) is 106 cm³/mol. The summed E-state index contributed by atoms with van der Waals surface area (Å²) in [5.74, 6) is -0.658. The number of benzene rings is 1. The second-order valence-corrected chi connectivity index (χ2v) is 7.07. The lowest BCUT2D eigenvalue weighted by atomic mass is 10.1. The van der Waals surface area contributed by atoms with E-state index in [9.17, 15) is 14.4 Å². The quantitative estimate of drug-likeness (QED) is 0.527. The van der Waals surface area contributed by atoms with E-state index in [1.165, 1.54) is 13.2 Å². The van der Waals surface area contributed by atoms with Crippen LogP contribution in [0.1, 0.15) is 33.3 Å². The highest BCUT2D eigenvalue weighted by molar-refractivity contribution is 6.32. The van der Waals surface area contributed by atoms with E-state index in [1.807, 2.05) is 6.92 Å². The summed E-state index contributed by atoms with van der Waals surface area (Å²) in [5.41, 5.74) is 0.0873. The first-order chi connectivity index (χ1) is 13.1. The molecule has 0 spiro atoms. The molecule has 1 aromatic rings.